The average molecular weight is 263 g/mol. The van der Waals surface area contributed by atoms with Crippen molar-refractivity contribution in [3.8, 4) is 0 Å². The number of carboxylic acids is 1. The van der Waals surface area contributed by atoms with Crippen LogP contribution in [-0.4, -0.2) is 11.1 Å². The first-order valence-electron chi connectivity index (χ1n) is 5.86. The number of carbonyl (C=O) groups is 1. The zero-order valence-corrected chi connectivity index (χ0v) is 10.4. The molecule has 19 heavy (non-hydrogen) atoms. The number of rotatable bonds is 5. The van der Waals surface area contributed by atoms with Gasteiger partial charge in [-0.1, -0.05) is 12.1 Å². The first-order valence-corrected chi connectivity index (χ1v) is 5.86. The Morgan fingerprint density at radius 2 is 2.05 bits per heavy atom. The van der Waals surface area contributed by atoms with E-state index < -0.39 is 5.97 Å². The second-order valence-corrected chi connectivity index (χ2v) is 4.22. The number of carboxylic acid groups (broad SMARTS) is 1. The summed E-state index contributed by atoms with van der Waals surface area (Å²) in [5.74, 6) is -0.920. The standard InChI is InChI=1S/C14H14FNO3/c1-9(10-2-4-11(15)5-3-10)16-8-13-12(14(17)18)6-7-19-13/h2-7,9,16H,8H2,1H3,(H,17,18)/t9-/m1/s1. The Balaban J connectivity index is 2.00. The van der Waals surface area contributed by atoms with Gasteiger partial charge in [0.15, 0.2) is 0 Å². The maximum Gasteiger partial charge on any atom is 0.339 e. The number of benzene rings is 1. The van der Waals surface area contributed by atoms with Crippen LogP contribution in [0.4, 0.5) is 4.39 Å². The molecule has 0 spiro atoms. The molecule has 0 radical (unpaired) electrons. The Hall–Kier alpha value is -2.14. The highest BCUT2D eigenvalue weighted by Crippen LogP contribution is 2.15. The smallest absolute Gasteiger partial charge is 0.339 e. The van der Waals surface area contributed by atoms with E-state index in [0.29, 0.717) is 12.3 Å². The largest absolute Gasteiger partial charge is 0.478 e. The lowest BCUT2D eigenvalue weighted by molar-refractivity contribution is 0.0694. The fourth-order valence-electron chi connectivity index (χ4n) is 1.78. The van der Waals surface area contributed by atoms with Gasteiger partial charge in [0.05, 0.1) is 12.8 Å². The summed E-state index contributed by atoms with van der Waals surface area (Å²) in [5.41, 5.74) is 1.07. The molecule has 0 saturated carbocycles. The Morgan fingerprint density at radius 3 is 2.68 bits per heavy atom. The molecule has 0 amide bonds. The first kappa shape index (κ1) is 13.3. The predicted octanol–water partition coefficient (Wildman–Crippen LogP) is 2.97. The van der Waals surface area contributed by atoms with Crippen molar-refractivity contribution in [2.75, 3.05) is 0 Å². The molecule has 2 rings (SSSR count). The molecule has 0 fully saturated rings. The summed E-state index contributed by atoms with van der Waals surface area (Å²) in [6.07, 6.45) is 1.35. The Labute approximate surface area is 109 Å². The lowest BCUT2D eigenvalue weighted by Gasteiger charge is -2.13. The van der Waals surface area contributed by atoms with Crippen molar-refractivity contribution in [2.24, 2.45) is 0 Å². The van der Waals surface area contributed by atoms with Crippen LogP contribution >= 0.6 is 0 Å². The molecular weight excluding hydrogens is 249 g/mol. The molecule has 2 aromatic rings. The summed E-state index contributed by atoms with van der Waals surface area (Å²) < 4.78 is 17.9. The molecule has 1 aromatic carbocycles. The number of hydrogen-bond acceptors (Lipinski definition) is 3. The van der Waals surface area contributed by atoms with E-state index in [9.17, 15) is 9.18 Å². The zero-order valence-electron chi connectivity index (χ0n) is 10.4. The maximum absolute atomic E-state index is 12.8. The van der Waals surface area contributed by atoms with Gasteiger partial charge >= 0.3 is 5.97 Å². The normalized spacial score (nSPS) is 12.3. The van der Waals surface area contributed by atoms with Gasteiger partial charge in [-0.15, -0.1) is 0 Å². The van der Waals surface area contributed by atoms with Gasteiger partial charge in [-0.3, -0.25) is 0 Å². The number of nitrogens with one attached hydrogen (secondary N) is 1. The van der Waals surface area contributed by atoms with E-state index in [1.165, 1.54) is 24.5 Å². The van der Waals surface area contributed by atoms with E-state index in [1.807, 2.05) is 6.92 Å². The van der Waals surface area contributed by atoms with Crippen LogP contribution < -0.4 is 5.32 Å². The van der Waals surface area contributed by atoms with Crippen molar-refractivity contribution in [1.82, 2.24) is 5.32 Å². The molecule has 0 saturated heterocycles. The van der Waals surface area contributed by atoms with Crippen LogP contribution in [0.25, 0.3) is 0 Å². The minimum absolute atomic E-state index is 0.0349. The maximum atomic E-state index is 12.8. The second kappa shape index (κ2) is 5.67. The molecular formula is C14H14FNO3. The molecule has 0 aliphatic heterocycles. The third-order valence-electron chi connectivity index (χ3n) is 2.91. The summed E-state index contributed by atoms with van der Waals surface area (Å²) in [6.45, 7) is 2.21. The van der Waals surface area contributed by atoms with Crippen molar-refractivity contribution in [3.05, 3.63) is 59.3 Å². The molecule has 5 heteroatoms. The molecule has 100 valence electrons. The molecule has 1 heterocycles. The fourth-order valence-corrected chi connectivity index (χ4v) is 1.78. The van der Waals surface area contributed by atoms with Gasteiger partial charge in [0, 0.05) is 6.04 Å². The quantitative estimate of drug-likeness (QED) is 0.870. The van der Waals surface area contributed by atoms with E-state index in [-0.39, 0.29) is 17.4 Å². The number of furan rings is 1. The van der Waals surface area contributed by atoms with Crippen molar-refractivity contribution in [3.63, 3.8) is 0 Å². The van der Waals surface area contributed by atoms with Gasteiger partial charge < -0.3 is 14.8 Å². The van der Waals surface area contributed by atoms with Gasteiger partial charge in [-0.05, 0) is 30.7 Å². The van der Waals surface area contributed by atoms with Gasteiger partial charge in [-0.2, -0.15) is 0 Å². The zero-order chi connectivity index (χ0) is 13.8. The molecule has 1 aromatic heterocycles. The Bertz CT molecular complexity index is 562. The first-order chi connectivity index (χ1) is 9.08. The van der Waals surface area contributed by atoms with Gasteiger partial charge in [0.1, 0.15) is 17.1 Å². The van der Waals surface area contributed by atoms with E-state index in [1.54, 1.807) is 12.1 Å². The van der Waals surface area contributed by atoms with Gasteiger partial charge in [0.25, 0.3) is 0 Å². The van der Waals surface area contributed by atoms with Crippen molar-refractivity contribution >= 4 is 5.97 Å². The van der Waals surface area contributed by atoms with Crippen molar-refractivity contribution in [2.45, 2.75) is 19.5 Å². The third-order valence-corrected chi connectivity index (χ3v) is 2.91. The molecule has 1 atom stereocenters. The minimum Gasteiger partial charge on any atom is -0.478 e. The Kier molecular flexibility index (Phi) is 3.97. The number of halogens is 1. The second-order valence-electron chi connectivity index (χ2n) is 4.22. The SMILES string of the molecule is C[C@@H](NCc1occc1C(=O)O)c1ccc(F)cc1. The van der Waals surface area contributed by atoms with Crippen LogP contribution in [0.5, 0.6) is 0 Å². The van der Waals surface area contributed by atoms with Crippen LogP contribution in [0.2, 0.25) is 0 Å². The van der Waals surface area contributed by atoms with Crippen molar-refractivity contribution < 1.29 is 18.7 Å². The lowest BCUT2D eigenvalue weighted by atomic mass is 10.1. The van der Waals surface area contributed by atoms with Crippen LogP contribution in [0.1, 0.15) is 34.6 Å². The number of aromatic carboxylic acids is 1. The van der Waals surface area contributed by atoms with Crippen LogP contribution in [0, 0.1) is 5.82 Å². The van der Waals surface area contributed by atoms with E-state index in [4.69, 9.17) is 9.52 Å². The number of hydrogen-bond donors (Lipinski definition) is 2. The van der Waals surface area contributed by atoms with E-state index in [2.05, 4.69) is 5.32 Å². The molecule has 0 unspecified atom stereocenters. The Morgan fingerprint density at radius 1 is 1.37 bits per heavy atom. The fraction of sp³-hybridized carbons (Fsp3) is 0.214. The summed E-state index contributed by atoms with van der Waals surface area (Å²) in [7, 11) is 0. The predicted molar refractivity (Wildman–Crippen MR) is 67.3 cm³/mol. The highest BCUT2D eigenvalue weighted by Gasteiger charge is 2.14. The molecule has 2 N–H and O–H groups in total. The monoisotopic (exact) mass is 263 g/mol. The van der Waals surface area contributed by atoms with Crippen LogP contribution in [0.3, 0.4) is 0 Å². The summed E-state index contributed by atoms with van der Waals surface area (Å²) in [6, 6.07) is 7.54. The average Bonchev–Trinajstić information content (AvgIpc) is 2.85. The topological polar surface area (TPSA) is 62.5 Å². The van der Waals surface area contributed by atoms with Crippen LogP contribution in [-0.2, 0) is 6.54 Å². The summed E-state index contributed by atoms with van der Waals surface area (Å²) in [5, 5.41) is 12.1. The summed E-state index contributed by atoms with van der Waals surface area (Å²) >= 11 is 0. The van der Waals surface area contributed by atoms with Gasteiger partial charge in [-0.25, -0.2) is 9.18 Å². The van der Waals surface area contributed by atoms with Crippen LogP contribution in [0.15, 0.2) is 41.0 Å². The van der Waals surface area contributed by atoms with Gasteiger partial charge in [0.2, 0.25) is 0 Å². The van der Waals surface area contributed by atoms with Crippen molar-refractivity contribution in [1.29, 1.82) is 0 Å². The molecule has 0 bridgehead atoms. The van der Waals surface area contributed by atoms with E-state index in [0.717, 1.165) is 5.56 Å². The third kappa shape index (κ3) is 3.20. The minimum atomic E-state index is -1.01. The summed E-state index contributed by atoms with van der Waals surface area (Å²) in [4.78, 5) is 10.9. The molecule has 0 aliphatic carbocycles. The molecule has 0 aliphatic rings. The lowest BCUT2D eigenvalue weighted by Crippen LogP contribution is -2.19. The molecule has 4 nitrogen and oxygen atoms in total. The highest BCUT2D eigenvalue weighted by molar-refractivity contribution is 5.88. The highest BCUT2D eigenvalue weighted by atomic mass is 19.1. The van der Waals surface area contributed by atoms with E-state index >= 15 is 0 Å².